The van der Waals surface area contributed by atoms with Gasteiger partial charge in [-0.3, -0.25) is 4.79 Å². The average Bonchev–Trinajstić information content (AvgIpc) is 2.52. The average molecular weight is 372 g/mol. The van der Waals surface area contributed by atoms with Crippen molar-refractivity contribution >= 4 is 27.8 Å². The van der Waals surface area contributed by atoms with Crippen LogP contribution < -0.4 is 10.1 Å². The summed E-state index contributed by atoms with van der Waals surface area (Å²) >= 11 is 3.31. The lowest BCUT2D eigenvalue weighted by Crippen LogP contribution is -2.42. The summed E-state index contributed by atoms with van der Waals surface area (Å²) < 4.78 is 11.1. The maximum absolute atomic E-state index is 12.2. The second-order valence-electron chi connectivity index (χ2n) is 5.03. The molecule has 1 aromatic carbocycles. The molecule has 22 heavy (non-hydrogen) atoms. The Morgan fingerprint density at radius 3 is 2.77 bits per heavy atom. The van der Waals surface area contributed by atoms with Crippen LogP contribution in [0.25, 0.3) is 0 Å². The third-order valence-electron chi connectivity index (χ3n) is 3.51. The Morgan fingerprint density at radius 1 is 1.45 bits per heavy atom. The summed E-state index contributed by atoms with van der Waals surface area (Å²) in [5.41, 5.74) is 0.462. The van der Waals surface area contributed by atoms with Crippen LogP contribution in [0.4, 0.5) is 0 Å². The summed E-state index contributed by atoms with van der Waals surface area (Å²) in [6, 6.07) is 3.77. The number of carboxylic acid groups (broad SMARTS) is 1. The van der Waals surface area contributed by atoms with Gasteiger partial charge in [-0.15, -0.1) is 0 Å². The van der Waals surface area contributed by atoms with Crippen LogP contribution in [0.2, 0.25) is 0 Å². The van der Waals surface area contributed by atoms with Crippen molar-refractivity contribution in [3.63, 3.8) is 0 Å². The summed E-state index contributed by atoms with van der Waals surface area (Å²) in [5.74, 6) is -0.921. The molecule has 2 N–H and O–H groups in total. The van der Waals surface area contributed by atoms with Crippen molar-refractivity contribution in [1.82, 2.24) is 5.32 Å². The molecule has 0 aromatic heterocycles. The van der Waals surface area contributed by atoms with Crippen molar-refractivity contribution in [3.8, 4) is 5.75 Å². The molecule has 7 heteroatoms. The second-order valence-corrected chi connectivity index (χ2v) is 5.88. The SMILES string of the molecule is COc1ccc(C(NC(=O)C2CCCCO2)C(=O)O)cc1Br. The molecule has 2 rings (SSSR count). The minimum atomic E-state index is -1.12. The monoisotopic (exact) mass is 371 g/mol. The molecule has 0 bridgehead atoms. The first-order valence-electron chi connectivity index (χ1n) is 7.01. The highest BCUT2D eigenvalue weighted by atomic mass is 79.9. The van der Waals surface area contributed by atoms with Crippen LogP contribution in [-0.4, -0.2) is 36.8 Å². The smallest absolute Gasteiger partial charge is 0.330 e. The molecule has 2 unspecified atom stereocenters. The Bertz CT molecular complexity index is 557. The van der Waals surface area contributed by atoms with Gasteiger partial charge in [0.15, 0.2) is 6.04 Å². The molecule has 0 radical (unpaired) electrons. The standard InChI is InChI=1S/C15H18BrNO5/c1-21-11-6-5-9(8-10(11)16)13(15(19)20)17-14(18)12-4-2-3-7-22-12/h5-6,8,12-13H,2-4,7H2,1H3,(H,17,18)(H,19,20). The van der Waals surface area contributed by atoms with Gasteiger partial charge in [-0.25, -0.2) is 4.79 Å². The number of hydrogen-bond acceptors (Lipinski definition) is 4. The lowest BCUT2D eigenvalue weighted by Gasteiger charge is -2.24. The summed E-state index contributed by atoms with van der Waals surface area (Å²) in [6.45, 7) is 0.532. The number of aliphatic carboxylic acids is 1. The van der Waals surface area contributed by atoms with Gasteiger partial charge in [0.2, 0.25) is 5.91 Å². The van der Waals surface area contributed by atoms with Crippen LogP contribution in [-0.2, 0) is 14.3 Å². The molecule has 1 aliphatic rings. The highest BCUT2D eigenvalue weighted by molar-refractivity contribution is 9.10. The first-order valence-corrected chi connectivity index (χ1v) is 7.80. The van der Waals surface area contributed by atoms with Crippen molar-refractivity contribution in [2.24, 2.45) is 0 Å². The molecule has 1 aliphatic heterocycles. The Labute approximate surface area is 136 Å². The van der Waals surface area contributed by atoms with E-state index in [9.17, 15) is 14.7 Å². The van der Waals surface area contributed by atoms with Gasteiger partial charge >= 0.3 is 5.97 Å². The van der Waals surface area contributed by atoms with E-state index in [0.717, 1.165) is 12.8 Å². The normalized spacial score (nSPS) is 19.3. The minimum absolute atomic E-state index is 0.390. The number of ether oxygens (including phenoxy) is 2. The molecule has 1 amide bonds. The molecule has 1 fully saturated rings. The third-order valence-corrected chi connectivity index (χ3v) is 4.13. The number of methoxy groups -OCH3 is 1. The van der Waals surface area contributed by atoms with Gasteiger partial charge in [-0.1, -0.05) is 6.07 Å². The highest BCUT2D eigenvalue weighted by Gasteiger charge is 2.28. The largest absolute Gasteiger partial charge is 0.496 e. The molecule has 1 aromatic rings. The minimum Gasteiger partial charge on any atom is -0.496 e. The second kappa shape index (κ2) is 7.60. The number of benzene rings is 1. The Kier molecular flexibility index (Phi) is 5.79. The summed E-state index contributed by atoms with van der Waals surface area (Å²) in [4.78, 5) is 23.6. The van der Waals surface area contributed by atoms with Crippen molar-refractivity contribution in [2.45, 2.75) is 31.4 Å². The van der Waals surface area contributed by atoms with Gasteiger partial charge in [-0.05, 0) is 52.9 Å². The Morgan fingerprint density at radius 2 is 2.23 bits per heavy atom. The van der Waals surface area contributed by atoms with Crippen molar-refractivity contribution in [3.05, 3.63) is 28.2 Å². The van der Waals surface area contributed by atoms with E-state index < -0.39 is 18.1 Å². The van der Waals surface area contributed by atoms with E-state index in [0.29, 0.717) is 28.8 Å². The van der Waals surface area contributed by atoms with E-state index in [-0.39, 0.29) is 5.91 Å². The van der Waals surface area contributed by atoms with Gasteiger partial charge in [0.25, 0.3) is 0 Å². The van der Waals surface area contributed by atoms with E-state index in [1.807, 2.05) is 0 Å². The van der Waals surface area contributed by atoms with Gasteiger partial charge in [0.05, 0.1) is 11.6 Å². The zero-order valence-corrected chi connectivity index (χ0v) is 13.8. The lowest BCUT2D eigenvalue weighted by molar-refractivity contribution is -0.145. The predicted molar refractivity (Wildman–Crippen MR) is 82.8 cm³/mol. The summed E-state index contributed by atoms with van der Waals surface area (Å²) in [6.07, 6.45) is 1.88. The molecule has 120 valence electrons. The number of hydrogen-bond donors (Lipinski definition) is 2. The topological polar surface area (TPSA) is 84.9 Å². The third kappa shape index (κ3) is 3.98. The molecule has 1 saturated heterocycles. The van der Waals surface area contributed by atoms with E-state index in [2.05, 4.69) is 21.2 Å². The number of carbonyl (C=O) groups is 2. The van der Waals surface area contributed by atoms with Crippen LogP contribution in [0, 0.1) is 0 Å². The fraction of sp³-hybridized carbons (Fsp3) is 0.467. The molecule has 1 heterocycles. The number of nitrogens with one attached hydrogen (secondary N) is 1. The van der Waals surface area contributed by atoms with Gasteiger partial charge < -0.3 is 19.9 Å². The van der Waals surface area contributed by atoms with E-state index in [4.69, 9.17) is 9.47 Å². The number of halogens is 1. The predicted octanol–water partition coefficient (Wildman–Crippen LogP) is 2.27. The highest BCUT2D eigenvalue weighted by Crippen LogP contribution is 2.28. The van der Waals surface area contributed by atoms with Crippen molar-refractivity contribution < 1.29 is 24.2 Å². The van der Waals surface area contributed by atoms with Crippen LogP contribution in [0.15, 0.2) is 22.7 Å². The van der Waals surface area contributed by atoms with Crippen LogP contribution in [0.5, 0.6) is 5.75 Å². The van der Waals surface area contributed by atoms with Crippen molar-refractivity contribution in [1.29, 1.82) is 0 Å². The number of carboxylic acids is 1. The molecule has 2 atom stereocenters. The van der Waals surface area contributed by atoms with E-state index in [1.165, 1.54) is 7.11 Å². The van der Waals surface area contributed by atoms with E-state index in [1.54, 1.807) is 18.2 Å². The van der Waals surface area contributed by atoms with Crippen LogP contribution in [0.3, 0.4) is 0 Å². The quantitative estimate of drug-likeness (QED) is 0.829. The maximum atomic E-state index is 12.2. The van der Waals surface area contributed by atoms with Crippen LogP contribution in [0.1, 0.15) is 30.9 Å². The molecule has 0 aliphatic carbocycles. The van der Waals surface area contributed by atoms with Crippen molar-refractivity contribution in [2.75, 3.05) is 13.7 Å². The summed E-state index contributed by atoms with van der Waals surface area (Å²) in [5, 5.41) is 11.9. The molecular weight excluding hydrogens is 354 g/mol. The number of rotatable bonds is 5. The first-order chi connectivity index (χ1) is 10.5. The Balaban J connectivity index is 2.14. The summed E-state index contributed by atoms with van der Waals surface area (Å²) in [7, 11) is 1.52. The number of carbonyl (C=O) groups excluding carboxylic acids is 1. The molecular formula is C15H18BrNO5. The number of amides is 1. The zero-order chi connectivity index (χ0) is 16.1. The Hall–Kier alpha value is -1.60. The van der Waals surface area contributed by atoms with Gasteiger partial charge in [-0.2, -0.15) is 0 Å². The maximum Gasteiger partial charge on any atom is 0.330 e. The lowest BCUT2D eigenvalue weighted by atomic mass is 10.0. The zero-order valence-electron chi connectivity index (χ0n) is 12.2. The van der Waals surface area contributed by atoms with Crippen LogP contribution >= 0.6 is 15.9 Å². The van der Waals surface area contributed by atoms with Gasteiger partial charge in [0.1, 0.15) is 11.9 Å². The fourth-order valence-corrected chi connectivity index (χ4v) is 2.89. The van der Waals surface area contributed by atoms with Gasteiger partial charge in [0, 0.05) is 6.61 Å². The molecule has 0 spiro atoms. The molecule has 6 nitrogen and oxygen atoms in total. The fourth-order valence-electron chi connectivity index (χ4n) is 2.33. The van der Waals surface area contributed by atoms with E-state index >= 15 is 0 Å². The molecule has 0 saturated carbocycles. The first kappa shape index (κ1) is 16.8.